The van der Waals surface area contributed by atoms with Gasteiger partial charge in [0.05, 0.1) is 18.5 Å². The van der Waals surface area contributed by atoms with E-state index in [-0.39, 0.29) is 42.7 Å². The van der Waals surface area contributed by atoms with Crippen molar-refractivity contribution in [2.75, 3.05) is 25.6 Å². The highest BCUT2D eigenvalue weighted by atomic mass is 16.7. The van der Waals surface area contributed by atoms with Crippen LogP contribution in [0.1, 0.15) is 68.3 Å². The molecule has 13 heteroatoms. The minimum atomic E-state index is -1.07. The maximum absolute atomic E-state index is 10.7. The van der Waals surface area contributed by atoms with Crippen molar-refractivity contribution >= 4 is 23.4 Å². The van der Waals surface area contributed by atoms with E-state index in [1.807, 2.05) is 27.7 Å². The number of aryl methyl sites for hydroxylation is 1. The summed E-state index contributed by atoms with van der Waals surface area (Å²) in [5, 5.41) is 26.6. The van der Waals surface area contributed by atoms with Gasteiger partial charge in [0.2, 0.25) is 0 Å². The monoisotopic (exact) mass is 524 g/mol. The van der Waals surface area contributed by atoms with E-state index in [1.165, 1.54) is 10.7 Å². The number of hydrogen-bond donors (Lipinski definition) is 4. The molecule has 0 amide bonds. The number of fused-ring (bicyclic) bond motifs is 1. The Morgan fingerprint density at radius 2 is 1.57 bits per heavy atom. The number of carbonyl (C=O) groups is 2. The van der Waals surface area contributed by atoms with Gasteiger partial charge in [0.25, 0.3) is 0 Å². The summed E-state index contributed by atoms with van der Waals surface area (Å²) < 4.78 is 18.0. The molecular weight excluding hydrogens is 484 g/mol. The lowest BCUT2D eigenvalue weighted by atomic mass is 10.1. The summed E-state index contributed by atoms with van der Waals surface area (Å²) >= 11 is 0. The zero-order valence-electron chi connectivity index (χ0n) is 21.5. The van der Waals surface area contributed by atoms with Crippen LogP contribution in [0.5, 0.6) is 0 Å². The van der Waals surface area contributed by atoms with Gasteiger partial charge in [0.15, 0.2) is 11.9 Å². The Hall–Kier alpha value is -3.55. The lowest BCUT2D eigenvalue weighted by Crippen LogP contribution is -2.34. The Morgan fingerprint density at radius 1 is 1.00 bits per heavy atom. The lowest BCUT2D eigenvalue weighted by molar-refractivity contribution is -0.185. The molecule has 0 saturated heterocycles. The van der Waals surface area contributed by atoms with E-state index >= 15 is 0 Å². The summed E-state index contributed by atoms with van der Waals surface area (Å²) in [6.45, 7) is 14.1. The molecule has 13 nitrogen and oxygen atoms in total. The first-order valence-electron chi connectivity index (χ1n) is 11.5. The van der Waals surface area contributed by atoms with Crippen LogP contribution >= 0.6 is 0 Å². The molecular formula is C24H40N6O7. The predicted molar refractivity (Wildman–Crippen MR) is 139 cm³/mol. The van der Waals surface area contributed by atoms with Gasteiger partial charge in [-0.25, -0.2) is 19.1 Å². The van der Waals surface area contributed by atoms with Crippen molar-refractivity contribution in [1.29, 1.82) is 0 Å². The number of nitrogens with zero attached hydrogens (tertiary/aromatic N) is 4. The second kappa shape index (κ2) is 17.0. The highest BCUT2D eigenvalue weighted by Crippen LogP contribution is 2.16. The Morgan fingerprint density at radius 3 is 2.00 bits per heavy atom. The molecule has 3 heterocycles. The Balaban J connectivity index is 0.000000529. The molecule has 0 spiro atoms. The number of aromatic nitrogens is 5. The zero-order valence-corrected chi connectivity index (χ0v) is 21.5. The quantitative estimate of drug-likeness (QED) is 0.284. The fourth-order valence-electron chi connectivity index (χ4n) is 2.90. The molecule has 0 saturated carbocycles. The fourth-order valence-corrected chi connectivity index (χ4v) is 2.90. The maximum Gasteiger partial charge on any atom is 0.341 e. The van der Waals surface area contributed by atoms with Crippen LogP contribution in [0.3, 0.4) is 0 Å². The molecule has 2 unspecified atom stereocenters. The van der Waals surface area contributed by atoms with Crippen molar-refractivity contribution in [1.82, 2.24) is 24.8 Å². The highest BCUT2D eigenvalue weighted by Gasteiger charge is 2.23. The SMILES string of the molecule is C.CCOC(C)C(C)C(OCC)OCC.Cc1cnc2c(C(=O)O)cnn2c1.Nc1[nH]ncc1C(=O)O. The first kappa shape index (κ1) is 33.4. The molecule has 208 valence electrons. The van der Waals surface area contributed by atoms with E-state index in [0.717, 1.165) is 18.4 Å². The van der Waals surface area contributed by atoms with Gasteiger partial charge in [-0.15, -0.1) is 0 Å². The first-order chi connectivity index (χ1) is 17.1. The number of anilines is 1. The van der Waals surface area contributed by atoms with Gasteiger partial charge < -0.3 is 30.2 Å². The Labute approximate surface area is 216 Å². The normalized spacial score (nSPS) is 12.0. The number of rotatable bonds is 10. The molecule has 37 heavy (non-hydrogen) atoms. The third kappa shape index (κ3) is 10.5. The summed E-state index contributed by atoms with van der Waals surface area (Å²) in [6.07, 6.45) is 5.83. The Kier molecular flexibility index (Phi) is 15.4. The summed E-state index contributed by atoms with van der Waals surface area (Å²) in [5.41, 5.74) is 6.59. The van der Waals surface area contributed by atoms with Gasteiger partial charge in [0.1, 0.15) is 16.9 Å². The van der Waals surface area contributed by atoms with E-state index in [1.54, 1.807) is 12.4 Å². The molecule has 0 radical (unpaired) electrons. The minimum Gasteiger partial charge on any atom is -0.477 e. The predicted octanol–water partition coefficient (Wildman–Crippen LogP) is 3.51. The molecule has 3 rings (SSSR count). The molecule has 0 aromatic carbocycles. The van der Waals surface area contributed by atoms with Crippen LogP contribution in [0.4, 0.5) is 5.82 Å². The molecule has 5 N–H and O–H groups in total. The van der Waals surface area contributed by atoms with Crippen molar-refractivity contribution in [3.63, 3.8) is 0 Å². The molecule has 3 aromatic rings. The van der Waals surface area contributed by atoms with Crippen molar-refractivity contribution < 1.29 is 34.0 Å². The van der Waals surface area contributed by atoms with Gasteiger partial charge in [-0.2, -0.15) is 10.2 Å². The summed E-state index contributed by atoms with van der Waals surface area (Å²) in [5.74, 6) is -1.73. The summed E-state index contributed by atoms with van der Waals surface area (Å²) in [6, 6.07) is 0. The number of nitrogen functional groups attached to an aromatic ring is 1. The second-order valence-corrected chi connectivity index (χ2v) is 7.56. The lowest BCUT2D eigenvalue weighted by Gasteiger charge is -2.28. The fraction of sp³-hybridized carbons (Fsp3) is 0.542. The van der Waals surface area contributed by atoms with Crippen molar-refractivity contribution in [2.24, 2.45) is 5.92 Å². The van der Waals surface area contributed by atoms with Crippen LogP contribution in [0.15, 0.2) is 24.8 Å². The third-order valence-electron chi connectivity index (χ3n) is 4.88. The minimum absolute atomic E-state index is 0. The van der Waals surface area contributed by atoms with E-state index < -0.39 is 11.9 Å². The number of carboxylic acids is 2. The number of nitrogens with one attached hydrogen (secondary N) is 1. The summed E-state index contributed by atoms with van der Waals surface area (Å²) in [4.78, 5) is 24.8. The second-order valence-electron chi connectivity index (χ2n) is 7.56. The molecule has 2 atom stereocenters. The van der Waals surface area contributed by atoms with E-state index in [0.29, 0.717) is 18.9 Å². The number of H-pyrrole nitrogens is 1. The van der Waals surface area contributed by atoms with Gasteiger partial charge in [0, 0.05) is 38.1 Å². The van der Waals surface area contributed by atoms with Gasteiger partial charge in [-0.05, 0) is 40.2 Å². The third-order valence-corrected chi connectivity index (χ3v) is 4.88. The number of aromatic amines is 1. The van der Waals surface area contributed by atoms with E-state index in [4.69, 9.17) is 30.2 Å². The average Bonchev–Trinajstić information content (AvgIpc) is 3.45. The smallest absolute Gasteiger partial charge is 0.341 e. The highest BCUT2D eigenvalue weighted by molar-refractivity contribution is 5.94. The molecule has 0 aliphatic rings. The van der Waals surface area contributed by atoms with Crippen molar-refractivity contribution in [3.8, 4) is 0 Å². The van der Waals surface area contributed by atoms with Crippen LogP contribution in [0.25, 0.3) is 5.65 Å². The van der Waals surface area contributed by atoms with E-state index in [2.05, 4.69) is 34.1 Å². The molecule has 0 fully saturated rings. The molecule has 0 bridgehead atoms. The van der Waals surface area contributed by atoms with Gasteiger partial charge in [-0.1, -0.05) is 14.4 Å². The number of carboxylic acid groups (broad SMARTS) is 2. The number of ether oxygens (including phenoxy) is 3. The van der Waals surface area contributed by atoms with Crippen LogP contribution in [-0.2, 0) is 14.2 Å². The average molecular weight is 525 g/mol. The molecule has 3 aromatic heterocycles. The summed E-state index contributed by atoms with van der Waals surface area (Å²) in [7, 11) is 0. The van der Waals surface area contributed by atoms with Crippen LogP contribution in [-0.4, -0.2) is 79.2 Å². The Bertz CT molecular complexity index is 1080. The maximum atomic E-state index is 10.7. The van der Waals surface area contributed by atoms with Crippen LogP contribution in [0.2, 0.25) is 0 Å². The molecule has 0 aliphatic heterocycles. The van der Waals surface area contributed by atoms with Crippen molar-refractivity contribution in [3.05, 3.63) is 41.5 Å². The van der Waals surface area contributed by atoms with Gasteiger partial charge >= 0.3 is 11.9 Å². The number of hydrogen-bond acceptors (Lipinski definition) is 9. The number of aromatic carboxylic acids is 2. The topological polar surface area (TPSA) is 187 Å². The largest absolute Gasteiger partial charge is 0.477 e. The van der Waals surface area contributed by atoms with Crippen molar-refractivity contribution in [2.45, 2.75) is 61.4 Å². The first-order valence-corrected chi connectivity index (χ1v) is 11.5. The zero-order chi connectivity index (χ0) is 27.3. The van der Waals surface area contributed by atoms with Crippen LogP contribution in [0, 0.1) is 12.8 Å². The van der Waals surface area contributed by atoms with Crippen LogP contribution < -0.4 is 5.73 Å². The van der Waals surface area contributed by atoms with Gasteiger partial charge in [-0.3, -0.25) is 5.10 Å². The van der Waals surface area contributed by atoms with E-state index in [9.17, 15) is 9.59 Å². The standard InChI is InChI=1S/C11H24O3.C8H7N3O2.C4H5N3O2.CH4/c1-6-12-10(5)9(4)11(13-7-2)14-8-3;1-5-2-9-7-6(8(12)13)3-10-11(7)4-5;5-3-2(4(8)9)1-6-7-3;/h9-11H,6-8H2,1-5H3;2-4H,1H3,(H,12,13);1H,(H,8,9)(H3,5,6,7);1H4. The number of nitrogens with two attached hydrogens (primary N) is 1. The molecule has 0 aliphatic carbocycles.